The molecule has 0 saturated carbocycles. The fourth-order valence-electron chi connectivity index (χ4n) is 1.85. The first kappa shape index (κ1) is 11.2. The molecular formula is C12H20N2. The van der Waals surface area contributed by atoms with E-state index in [1.54, 1.807) is 0 Å². The zero-order chi connectivity index (χ0) is 10.6. The standard InChI is InChI=1S/C12H20N2/c1-4-5-12(14-13)11-7-9(2)6-10(3)8-11/h6-8,12,14H,4-5,13H2,1-3H3. The summed E-state index contributed by atoms with van der Waals surface area (Å²) in [5, 5.41) is 0. The number of nitrogens with two attached hydrogens (primary N) is 1. The Morgan fingerprint density at radius 3 is 2.21 bits per heavy atom. The minimum atomic E-state index is 0.290. The molecule has 0 aliphatic carbocycles. The highest BCUT2D eigenvalue weighted by Gasteiger charge is 2.08. The van der Waals surface area contributed by atoms with Crippen LogP contribution in [0.1, 0.15) is 42.5 Å². The fraction of sp³-hybridized carbons (Fsp3) is 0.500. The van der Waals surface area contributed by atoms with Gasteiger partial charge in [0.1, 0.15) is 0 Å². The molecule has 1 aromatic rings. The molecule has 78 valence electrons. The van der Waals surface area contributed by atoms with Crippen molar-refractivity contribution in [3.8, 4) is 0 Å². The van der Waals surface area contributed by atoms with E-state index in [-0.39, 0.29) is 0 Å². The van der Waals surface area contributed by atoms with Crippen molar-refractivity contribution < 1.29 is 0 Å². The molecule has 0 bridgehead atoms. The van der Waals surface area contributed by atoms with Gasteiger partial charge in [0.05, 0.1) is 0 Å². The third kappa shape index (κ3) is 2.82. The second-order valence-electron chi connectivity index (χ2n) is 3.93. The van der Waals surface area contributed by atoms with Gasteiger partial charge < -0.3 is 0 Å². The van der Waals surface area contributed by atoms with Crippen molar-refractivity contribution in [3.63, 3.8) is 0 Å². The van der Waals surface area contributed by atoms with Crippen LogP contribution in [0.2, 0.25) is 0 Å². The summed E-state index contributed by atoms with van der Waals surface area (Å²) >= 11 is 0. The first-order valence-corrected chi connectivity index (χ1v) is 5.21. The molecule has 0 aromatic heterocycles. The van der Waals surface area contributed by atoms with Crippen LogP contribution >= 0.6 is 0 Å². The monoisotopic (exact) mass is 192 g/mol. The van der Waals surface area contributed by atoms with Crippen LogP contribution in [0.3, 0.4) is 0 Å². The average Bonchev–Trinajstić information content (AvgIpc) is 2.12. The van der Waals surface area contributed by atoms with Crippen LogP contribution < -0.4 is 11.3 Å². The Kier molecular flexibility index (Phi) is 4.11. The molecule has 0 saturated heterocycles. The molecule has 3 N–H and O–H groups in total. The molecule has 1 unspecified atom stereocenters. The van der Waals surface area contributed by atoms with Gasteiger partial charge in [0.25, 0.3) is 0 Å². The van der Waals surface area contributed by atoms with Gasteiger partial charge in [-0.25, -0.2) is 0 Å². The third-order valence-electron chi connectivity index (χ3n) is 2.42. The van der Waals surface area contributed by atoms with Gasteiger partial charge in [-0.05, 0) is 25.8 Å². The first-order chi connectivity index (χ1) is 6.67. The van der Waals surface area contributed by atoms with Crippen LogP contribution in [-0.2, 0) is 0 Å². The minimum Gasteiger partial charge on any atom is -0.271 e. The van der Waals surface area contributed by atoms with E-state index in [1.165, 1.54) is 16.7 Å². The molecule has 1 rings (SSSR count). The maximum atomic E-state index is 5.54. The van der Waals surface area contributed by atoms with Crippen molar-refractivity contribution in [1.82, 2.24) is 5.43 Å². The van der Waals surface area contributed by atoms with Crippen molar-refractivity contribution in [1.29, 1.82) is 0 Å². The zero-order valence-electron chi connectivity index (χ0n) is 9.30. The highest BCUT2D eigenvalue weighted by molar-refractivity contribution is 5.30. The smallest absolute Gasteiger partial charge is 0.0460 e. The maximum absolute atomic E-state index is 5.54. The Labute approximate surface area is 86.5 Å². The Balaban J connectivity index is 2.91. The van der Waals surface area contributed by atoms with Crippen LogP contribution in [0.4, 0.5) is 0 Å². The molecular weight excluding hydrogens is 172 g/mol. The number of benzene rings is 1. The maximum Gasteiger partial charge on any atom is 0.0460 e. The topological polar surface area (TPSA) is 38.0 Å². The van der Waals surface area contributed by atoms with Gasteiger partial charge in [0, 0.05) is 6.04 Å². The van der Waals surface area contributed by atoms with E-state index in [1.807, 2.05) is 0 Å². The molecule has 0 spiro atoms. The molecule has 1 atom stereocenters. The molecule has 0 heterocycles. The van der Waals surface area contributed by atoms with Gasteiger partial charge >= 0.3 is 0 Å². The summed E-state index contributed by atoms with van der Waals surface area (Å²) < 4.78 is 0. The lowest BCUT2D eigenvalue weighted by molar-refractivity contribution is 0.509. The SMILES string of the molecule is CCCC(NN)c1cc(C)cc(C)c1. The number of hydrogen-bond acceptors (Lipinski definition) is 2. The third-order valence-corrected chi connectivity index (χ3v) is 2.42. The Bertz CT molecular complexity index is 274. The first-order valence-electron chi connectivity index (χ1n) is 5.21. The lowest BCUT2D eigenvalue weighted by atomic mass is 9.99. The summed E-state index contributed by atoms with van der Waals surface area (Å²) in [6.45, 7) is 6.42. The van der Waals surface area contributed by atoms with Crippen molar-refractivity contribution >= 4 is 0 Å². The number of hydrogen-bond donors (Lipinski definition) is 2. The largest absolute Gasteiger partial charge is 0.271 e. The molecule has 14 heavy (non-hydrogen) atoms. The second kappa shape index (κ2) is 5.13. The summed E-state index contributed by atoms with van der Waals surface area (Å²) in [6, 6.07) is 6.88. The van der Waals surface area contributed by atoms with Crippen LogP contribution in [-0.4, -0.2) is 0 Å². The van der Waals surface area contributed by atoms with Crippen LogP contribution in [0.5, 0.6) is 0 Å². The highest BCUT2D eigenvalue weighted by atomic mass is 15.2. The summed E-state index contributed by atoms with van der Waals surface area (Å²) in [5.41, 5.74) is 6.78. The predicted molar refractivity (Wildman–Crippen MR) is 60.9 cm³/mol. The second-order valence-corrected chi connectivity index (χ2v) is 3.93. The molecule has 0 fully saturated rings. The Morgan fingerprint density at radius 1 is 1.21 bits per heavy atom. The Hall–Kier alpha value is -0.860. The van der Waals surface area contributed by atoms with E-state index in [0.717, 1.165) is 12.8 Å². The minimum absolute atomic E-state index is 0.290. The normalized spacial score (nSPS) is 12.9. The van der Waals surface area contributed by atoms with Crippen molar-refractivity contribution in [2.24, 2.45) is 5.84 Å². The van der Waals surface area contributed by atoms with E-state index in [0.29, 0.717) is 6.04 Å². The van der Waals surface area contributed by atoms with Crippen molar-refractivity contribution in [3.05, 3.63) is 34.9 Å². The molecule has 0 aliphatic heterocycles. The highest BCUT2D eigenvalue weighted by Crippen LogP contribution is 2.20. The quantitative estimate of drug-likeness (QED) is 0.568. The number of aryl methyl sites for hydroxylation is 2. The number of rotatable bonds is 4. The van der Waals surface area contributed by atoms with Gasteiger partial charge in [-0.2, -0.15) is 0 Å². The van der Waals surface area contributed by atoms with Crippen LogP contribution in [0.15, 0.2) is 18.2 Å². The van der Waals surface area contributed by atoms with Gasteiger partial charge in [-0.15, -0.1) is 0 Å². The molecule has 2 nitrogen and oxygen atoms in total. The van der Waals surface area contributed by atoms with Gasteiger partial charge in [0.15, 0.2) is 0 Å². The number of hydrazine groups is 1. The van der Waals surface area contributed by atoms with E-state index in [4.69, 9.17) is 5.84 Å². The van der Waals surface area contributed by atoms with E-state index in [9.17, 15) is 0 Å². The summed E-state index contributed by atoms with van der Waals surface area (Å²) in [4.78, 5) is 0. The molecule has 2 heteroatoms. The summed E-state index contributed by atoms with van der Waals surface area (Å²) in [5.74, 6) is 5.54. The van der Waals surface area contributed by atoms with Gasteiger partial charge in [-0.1, -0.05) is 42.7 Å². The fourth-order valence-corrected chi connectivity index (χ4v) is 1.85. The zero-order valence-corrected chi connectivity index (χ0v) is 9.30. The van der Waals surface area contributed by atoms with Crippen LogP contribution in [0, 0.1) is 13.8 Å². The molecule has 0 amide bonds. The summed E-state index contributed by atoms with van der Waals surface area (Å²) in [6.07, 6.45) is 2.22. The molecule has 0 aliphatic rings. The van der Waals surface area contributed by atoms with E-state index >= 15 is 0 Å². The number of nitrogens with one attached hydrogen (secondary N) is 1. The van der Waals surface area contributed by atoms with Crippen molar-refractivity contribution in [2.75, 3.05) is 0 Å². The van der Waals surface area contributed by atoms with E-state index < -0.39 is 0 Å². The molecule has 1 aromatic carbocycles. The lowest BCUT2D eigenvalue weighted by Gasteiger charge is -2.16. The van der Waals surface area contributed by atoms with Crippen LogP contribution in [0.25, 0.3) is 0 Å². The van der Waals surface area contributed by atoms with Gasteiger partial charge in [-0.3, -0.25) is 11.3 Å². The van der Waals surface area contributed by atoms with Crippen molar-refractivity contribution in [2.45, 2.75) is 39.7 Å². The lowest BCUT2D eigenvalue weighted by Crippen LogP contribution is -2.27. The summed E-state index contributed by atoms with van der Waals surface area (Å²) in [7, 11) is 0. The van der Waals surface area contributed by atoms with E-state index in [2.05, 4.69) is 44.4 Å². The average molecular weight is 192 g/mol. The Morgan fingerprint density at radius 2 is 1.79 bits per heavy atom. The predicted octanol–water partition coefficient (Wildman–Crippen LogP) is 2.61. The van der Waals surface area contributed by atoms with Gasteiger partial charge in [0.2, 0.25) is 0 Å². The molecule has 0 radical (unpaired) electrons.